The van der Waals surface area contributed by atoms with Crippen LogP contribution in [0.25, 0.3) is 28.1 Å². The van der Waals surface area contributed by atoms with Gasteiger partial charge in [0.1, 0.15) is 17.2 Å². The first-order valence-electron chi connectivity index (χ1n) is 8.74. The second kappa shape index (κ2) is 6.98. The lowest BCUT2D eigenvalue weighted by Gasteiger charge is -2.13. The largest absolute Gasteiger partial charge is 0.508 e. The zero-order chi connectivity index (χ0) is 19.8. The molecule has 0 aliphatic heterocycles. The van der Waals surface area contributed by atoms with Crippen molar-refractivity contribution < 1.29 is 15.3 Å². The van der Waals surface area contributed by atoms with Gasteiger partial charge in [-0.05, 0) is 85.3 Å². The first-order valence-corrected chi connectivity index (χ1v) is 9.12. The van der Waals surface area contributed by atoms with Gasteiger partial charge in [0.25, 0.3) is 0 Å². The summed E-state index contributed by atoms with van der Waals surface area (Å²) in [6, 6.07) is 20.9. The molecule has 5 heteroatoms. The quantitative estimate of drug-likeness (QED) is 0.408. The van der Waals surface area contributed by atoms with Crippen LogP contribution in [-0.2, 0) is 0 Å². The summed E-state index contributed by atoms with van der Waals surface area (Å²) in [5, 5.41) is 29.4. The van der Waals surface area contributed by atoms with E-state index in [2.05, 4.69) is 4.57 Å². The minimum Gasteiger partial charge on any atom is -0.508 e. The average Bonchev–Trinajstić information content (AvgIpc) is 3.00. The SMILES string of the molecule is Cc1c(-c2ccc(O)cc2Cl)cc(-c2ccc(O)cc2)n1-c1ccc(O)cc1. The molecule has 140 valence electrons. The first-order chi connectivity index (χ1) is 13.4. The monoisotopic (exact) mass is 391 g/mol. The van der Waals surface area contributed by atoms with Crippen molar-refractivity contribution in [2.24, 2.45) is 0 Å². The van der Waals surface area contributed by atoms with Crippen LogP contribution in [0.5, 0.6) is 17.2 Å². The molecule has 1 aromatic heterocycles. The molecule has 0 unspecified atom stereocenters. The molecule has 1 heterocycles. The van der Waals surface area contributed by atoms with E-state index in [1.165, 1.54) is 6.07 Å². The van der Waals surface area contributed by atoms with Crippen molar-refractivity contribution in [1.29, 1.82) is 0 Å². The summed E-state index contributed by atoms with van der Waals surface area (Å²) in [5.41, 5.74) is 5.44. The molecule has 4 nitrogen and oxygen atoms in total. The lowest BCUT2D eigenvalue weighted by Crippen LogP contribution is -1.99. The first kappa shape index (κ1) is 18.0. The predicted molar refractivity (Wildman–Crippen MR) is 111 cm³/mol. The summed E-state index contributed by atoms with van der Waals surface area (Å²) >= 11 is 6.40. The maximum Gasteiger partial charge on any atom is 0.117 e. The van der Waals surface area contributed by atoms with Gasteiger partial charge in [-0.3, -0.25) is 0 Å². The van der Waals surface area contributed by atoms with Gasteiger partial charge in [0, 0.05) is 22.5 Å². The Hall–Kier alpha value is -3.37. The number of rotatable bonds is 3. The topological polar surface area (TPSA) is 65.6 Å². The molecule has 0 bridgehead atoms. The van der Waals surface area contributed by atoms with Crippen molar-refractivity contribution >= 4 is 11.6 Å². The number of hydrogen-bond acceptors (Lipinski definition) is 3. The smallest absolute Gasteiger partial charge is 0.117 e. The standard InChI is InChI=1S/C23H18ClNO3/c1-14-21(20-11-10-19(28)12-22(20)24)13-23(15-2-6-17(26)7-3-15)25(14)16-4-8-18(27)9-5-16/h2-13,26-28H,1H3. The fourth-order valence-corrected chi connectivity index (χ4v) is 3.66. The molecule has 0 atom stereocenters. The Kier molecular flexibility index (Phi) is 4.49. The molecule has 4 rings (SSSR count). The lowest BCUT2D eigenvalue weighted by molar-refractivity contribution is 0.474. The summed E-state index contributed by atoms with van der Waals surface area (Å²) in [5.74, 6) is 0.509. The van der Waals surface area contributed by atoms with Gasteiger partial charge in [0.15, 0.2) is 0 Å². The average molecular weight is 392 g/mol. The van der Waals surface area contributed by atoms with Gasteiger partial charge in [0.05, 0.1) is 10.7 Å². The van der Waals surface area contributed by atoms with Gasteiger partial charge in [-0.15, -0.1) is 0 Å². The highest BCUT2D eigenvalue weighted by atomic mass is 35.5. The van der Waals surface area contributed by atoms with Crippen molar-refractivity contribution in [3.05, 3.63) is 83.5 Å². The Bertz CT molecular complexity index is 1150. The van der Waals surface area contributed by atoms with Gasteiger partial charge in [-0.25, -0.2) is 0 Å². The van der Waals surface area contributed by atoms with Gasteiger partial charge >= 0.3 is 0 Å². The van der Waals surface area contributed by atoms with E-state index >= 15 is 0 Å². The minimum absolute atomic E-state index is 0.114. The molecule has 0 amide bonds. The van der Waals surface area contributed by atoms with Crippen LogP contribution in [0.4, 0.5) is 0 Å². The fourth-order valence-electron chi connectivity index (χ4n) is 3.38. The summed E-state index contributed by atoms with van der Waals surface area (Å²) in [7, 11) is 0. The number of aromatic hydroxyl groups is 3. The van der Waals surface area contributed by atoms with E-state index in [9.17, 15) is 15.3 Å². The molecule has 0 saturated heterocycles. The second-order valence-corrected chi connectivity index (χ2v) is 7.00. The van der Waals surface area contributed by atoms with Gasteiger partial charge in [0.2, 0.25) is 0 Å². The Morgan fingerprint density at radius 1 is 0.679 bits per heavy atom. The van der Waals surface area contributed by atoms with Crippen LogP contribution in [0.15, 0.2) is 72.8 Å². The summed E-state index contributed by atoms with van der Waals surface area (Å²) in [6.07, 6.45) is 0. The number of halogens is 1. The van der Waals surface area contributed by atoms with Gasteiger partial charge < -0.3 is 19.9 Å². The molecule has 0 aliphatic carbocycles. The van der Waals surface area contributed by atoms with Crippen molar-refractivity contribution in [3.8, 4) is 45.3 Å². The van der Waals surface area contributed by atoms with Crippen molar-refractivity contribution in [3.63, 3.8) is 0 Å². The van der Waals surface area contributed by atoms with E-state index < -0.39 is 0 Å². The summed E-state index contributed by atoms with van der Waals surface area (Å²) < 4.78 is 2.07. The van der Waals surface area contributed by atoms with Crippen LogP contribution >= 0.6 is 11.6 Å². The molecule has 4 aromatic rings. The zero-order valence-electron chi connectivity index (χ0n) is 15.1. The van der Waals surface area contributed by atoms with Gasteiger partial charge in [-0.1, -0.05) is 11.6 Å². The number of hydrogen-bond donors (Lipinski definition) is 3. The number of aromatic nitrogens is 1. The zero-order valence-corrected chi connectivity index (χ0v) is 15.9. The molecular weight excluding hydrogens is 374 g/mol. The molecule has 0 spiro atoms. The third-order valence-corrected chi connectivity index (χ3v) is 5.07. The molecule has 28 heavy (non-hydrogen) atoms. The molecule has 3 aromatic carbocycles. The Morgan fingerprint density at radius 2 is 1.25 bits per heavy atom. The molecule has 3 N–H and O–H groups in total. The van der Waals surface area contributed by atoms with Crippen LogP contribution in [0.3, 0.4) is 0 Å². The van der Waals surface area contributed by atoms with Crippen molar-refractivity contribution in [2.45, 2.75) is 6.92 Å². The Balaban J connectivity index is 1.98. The minimum atomic E-state index is 0.114. The summed E-state index contributed by atoms with van der Waals surface area (Å²) in [4.78, 5) is 0. The highest BCUT2D eigenvalue weighted by molar-refractivity contribution is 6.33. The number of phenolic OH excluding ortho intramolecular Hbond substituents is 3. The van der Waals surface area contributed by atoms with Crippen LogP contribution < -0.4 is 0 Å². The van der Waals surface area contributed by atoms with Crippen molar-refractivity contribution in [2.75, 3.05) is 0 Å². The molecule has 0 aliphatic rings. The molecule has 0 fully saturated rings. The van der Waals surface area contributed by atoms with E-state index in [0.717, 1.165) is 33.8 Å². The molecule has 0 saturated carbocycles. The number of benzene rings is 3. The predicted octanol–water partition coefficient (Wildman–Crippen LogP) is 5.89. The van der Waals surface area contributed by atoms with Crippen LogP contribution in [-0.4, -0.2) is 19.9 Å². The maximum atomic E-state index is 9.68. The van der Waals surface area contributed by atoms with Crippen LogP contribution in [0.1, 0.15) is 5.69 Å². The molecular formula is C23H18ClNO3. The van der Waals surface area contributed by atoms with Crippen LogP contribution in [0.2, 0.25) is 5.02 Å². The van der Waals surface area contributed by atoms with E-state index in [1.807, 2.05) is 37.3 Å². The Morgan fingerprint density at radius 3 is 1.86 bits per heavy atom. The lowest BCUT2D eigenvalue weighted by atomic mass is 10.0. The van der Waals surface area contributed by atoms with Gasteiger partial charge in [-0.2, -0.15) is 0 Å². The Labute approximate surface area is 167 Å². The number of phenols is 3. The fraction of sp³-hybridized carbons (Fsp3) is 0.0435. The third-order valence-electron chi connectivity index (χ3n) is 4.76. The highest BCUT2D eigenvalue weighted by Gasteiger charge is 2.18. The molecule has 0 radical (unpaired) electrons. The third kappa shape index (κ3) is 3.19. The highest BCUT2D eigenvalue weighted by Crippen LogP contribution is 2.39. The second-order valence-electron chi connectivity index (χ2n) is 6.59. The van der Waals surface area contributed by atoms with E-state index in [-0.39, 0.29) is 17.2 Å². The normalized spacial score (nSPS) is 10.9. The summed E-state index contributed by atoms with van der Waals surface area (Å²) in [6.45, 7) is 2.00. The maximum absolute atomic E-state index is 9.68. The van der Waals surface area contributed by atoms with E-state index in [1.54, 1.807) is 36.4 Å². The number of nitrogens with zero attached hydrogens (tertiary/aromatic N) is 1. The van der Waals surface area contributed by atoms with E-state index in [4.69, 9.17) is 11.6 Å². The van der Waals surface area contributed by atoms with E-state index in [0.29, 0.717) is 5.02 Å². The van der Waals surface area contributed by atoms with Crippen LogP contribution in [0, 0.1) is 6.92 Å². The van der Waals surface area contributed by atoms with Crippen molar-refractivity contribution in [1.82, 2.24) is 4.57 Å².